The minimum atomic E-state index is 0.433. The van der Waals surface area contributed by atoms with Gasteiger partial charge in [-0.05, 0) is 36.4 Å². The largest absolute Gasteiger partial charge is 0.488 e. The van der Waals surface area contributed by atoms with Gasteiger partial charge in [0.05, 0.1) is 46.9 Å². The summed E-state index contributed by atoms with van der Waals surface area (Å²) < 4.78 is 12.1. The second-order valence-electron chi connectivity index (χ2n) is 8.21. The molecule has 3 aromatic carbocycles. The van der Waals surface area contributed by atoms with Crippen LogP contribution in [0.2, 0.25) is 0 Å². The Bertz CT molecular complexity index is 1370. The van der Waals surface area contributed by atoms with Gasteiger partial charge >= 0.3 is 0 Å². The summed E-state index contributed by atoms with van der Waals surface area (Å²) in [5, 5.41) is 9.10. The lowest BCUT2D eigenvalue weighted by Gasteiger charge is -2.16. The molecule has 0 saturated heterocycles. The van der Waals surface area contributed by atoms with Gasteiger partial charge in [0.25, 0.3) is 0 Å². The Labute approximate surface area is 197 Å². The van der Waals surface area contributed by atoms with E-state index in [4.69, 9.17) is 19.4 Å². The summed E-state index contributed by atoms with van der Waals surface area (Å²) >= 11 is 0. The van der Waals surface area contributed by atoms with Crippen LogP contribution in [0.3, 0.4) is 0 Å². The number of benzene rings is 3. The average Bonchev–Trinajstić information content (AvgIpc) is 2.89. The zero-order chi connectivity index (χ0) is 22.7. The van der Waals surface area contributed by atoms with Crippen LogP contribution in [0.25, 0.3) is 21.8 Å². The summed E-state index contributed by atoms with van der Waals surface area (Å²) in [4.78, 5) is 9.95. The topological polar surface area (TPSA) is 68.3 Å². The number of rotatable bonds is 0. The summed E-state index contributed by atoms with van der Waals surface area (Å²) in [5.41, 5.74) is 5.55. The molecule has 0 aliphatic carbocycles. The van der Waals surface area contributed by atoms with Crippen LogP contribution >= 0.6 is 0 Å². The smallest absolute Gasteiger partial charge is 0.142 e. The normalized spacial score (nSPS) is 13.8. The molecule has 0 atom stereocenters. The highest BCUT2D eigenvalue weighted by atomic mass is 16.5. The van der Waals surface area contributed by atoms with Gasteiger partial charge in [-0.15, -0.1) is 0 Å². The van der Waals surface area contributed by atoms with E-state index >= 15 is 0 Å². The quantitative estimate of drug-likeness (QED) is 0.293. The molecule has 6 heteroatoms. The molecule has 0 amide bonds. The first-order valence-corrected chi connectivity index (χ1v) is 11.4. The van der Waals surface area contributed by atoms with E-state index in [0.717, 1.165) is 56.1 Å². The van der Waals surface area contributed by atoms with Crippen molar-refractivity contribution in [2.75, 3.05) is 23.8 Å². The van der Waals surface area contributed by atoms with E-state index < -0.39 is 0 Å². The highest BCUT2D eigenvalue weighted by Crippen LogP contribution is 2.28. The lowest BCUT2D eigenvalue weighted by atomic mass is 10.1. The Morgan fingerprint density at radius 2 is 0.971 bits per heavy atom. The summed E-state index contributed by atoms with van der Waals surface area (Å²) in [6, 6.07) is 28.4. The van der Waals surface area contributed by atoms with Crippen LogP contribution in [0.1, 0.15) is 11.4 Å². The second kappa shape index (κ2) is 8.90. The fourth-order valence-corrected chi connectivity index (χ4v) is 4.20. The van der Waals surface area contributed by atoms with Crippen molar-refractivity contribution in [3.05, 3.63) is 96.3 Å². The number of nitrogens with one attached hydrogen (secondary N) is 2. The maximum Gasteiger partial charge on any atom is 0.142 e. The lowest BCUT2D eigenvalue weighted by Crippen LogP contribution is -2.12. The molecule has 3 heterocycles. The van der Waals surface area contributed by atoms with Gasteiger partial charge in [0.15, 0.2) is 0 Å². The number of ether oxygens (including phenoxy) is 2. The highest BCUT2D eigenvalue weighted by Gasteiger charge is 2.10. The number of hydrogen-bond acceptors (Lipinski definition) is 6. The molecule has 6 nitrogen and oxygen atoms in total. The number of fused-ring (bicyclic) bond motifs is 4. The van der Waals surface area contributed by atoms with Gasteiger partial charge in [-0.25, -0.2) is 9.97 Å². The third kappa shape index (κ3) is 4.06. The molecular formula is C28H24N4O2. The lowest BCUT2D eigenvalue weighted by molar-refractivity contribution is 0.218. The zero-order valence-corrected chi connectivity index (χ0v) is 18.6. The van der Waals surface area contributed by atoms with Crippen molar-refractivity contribution in [3.63, 3.8) is 0 Å². The van der Waals surface area contributed by atoms with Crippen molar-refractivity contribution in [2.24, 2.45) is 0 Å². The minimum Gasteiger partial charge on any atom is -0.488 e. The van der Waals surface area contributed by atoms with E-state index in [0.29, 0.717) is 26.3 Å². The fourth-order valence-electron chi connectivity index (χ4n) is 4.20. The molecule has 4 bridgehead atoms. The third-order valence-corrected chi connectivity index (χ3v) is 5.93. The first-order chi connectivity index (χ1) is 16.8. The van der Waals surface area contributed by atoms with E-state index in [2.05, 4.69) is 47.0 Å². The molecule has 5 aromatic rings. The van der Waals surface area contributed by atoms with Crippen molar-refractivity contribution in [1.29, 1.82) is 0 Å². The minimum absolute atomic E-state index is 0.433. The number of nitrogens with zero attached hydrogens (tertiary/aromatic N) is 2. The first kappa shape index (κ1) is 20.3. The predicted molar refractivity (Wildman–Crippen MR) is 136 cm³/mol. The Morgan fingerprint density at radius 1 is 0.529 bits per heavy atom. The Hall–Kier alpha value is -4.32. The molecule has 0 unspecified atom stereocenters. The van der Waals surface area contributed by atoms with Gasteiger partial charge in [0.1, 0.15) is 24.7 Å². The summed E-state index contributed by atoms with van der Waals surface area (Å²) in [5.74, 6) is 1.58. The number of hydrogen-bond donors (Lipinski definition) is 2. The summed E-state index contributed by atoms with van der Waals surface area (Å²) in [6.45, 7) is 2.03. The van der Waals surface area contributed by atoms with E-state index in [1.807, 2.05) is 48.5 Å². The second-order valence-corrected chi connectivity index (χ2v) is 8.21. The number of para-hydroxylation sites is 4. The Morgan fingerprint density at radius 3 is 1.47 bits per heavy atom. The summed E-state index contributed by atoms with van der Waals surface area (Å²) in [6.07, 6.45) is 0. The van der Waals surface area contributed by atoms with Crippen molar-refractivity contribution >= 4 is 33.2 Å². The maximum absolute atomic E-state index is 6.03. The van der Waals surface area contributed by atoms with Crippen LogP contribution in [-0.2, 0) is 13.1 Å². The number of pyridine rings is 2. The highest BCUT2D eigenvalue weighted by molar-refractivity contribution is 6.02. The van der Waals surface area contributed by atoms with Crippen LogP contribution in [0.5, 0.6) is 11.5 Å². The van der Waals surface area contributed by atoms with Crippen LogP contribution in [0.15, 0.2) is 84.9 Å². The molecule has 0 spiro atoms. The number of anilines is 2. The van der Waals surface area contributed by atoms with E-state index in [1.165, 1.54) is 0 Å². The molecule has 0 fully saturated rings. The van der Waals surface area contributed by atoms with Gasteiger partial charge in [-0.1, -0.05) is 48.5 Å². The third-order valence-electron chi connectivity index (χ3n) is 5.93. The van der Waals surface area contributed by atoms with Gasteiger partial charge in [-0.3, -0.25) is 0 Å². The molecule has 168 valence electrons. The molecule has 1 aliphatic rings. The average molecular weight is 449 g/mol. The van der Waals surface area contributed by atoms with Crippen LogP contribution in [0, 0.1) is 0 Å². The zero-order valence-electron chi connectivity index (χ0n) is 18.6. The van der Waals surface area contributed by atoms with Gasteiger partial charge < -0.3 is 20.1 Å². The van der Waals surface area contributed by atoms with Crippen LogP contribution in [-0.4, -0.2) is 23.2 Å². The molecule has 2 aromatic heterocycles. The molecule has 0 radical (unpaired) electrons. The molecule has 1 aliphatic heterocycles. The van der Waals surface area contributed by atoms with Crippen LogP contribution in [0.4, 0.5) is 11.4 Å². The van der Waals surface area contributed by atoms with Crippen molar-refractivity contribution in [3.8, 4) is 11.5 Å². The van der Waals surface area contributed by atoms with Crippen molar-refractivity contribution in [1.82, 2.24) is 9.97 Å². The Balaban J connectivity index is 1.44. The first-order valence-electron chi connectivity index (χ1n) is 11.4. The summed E-state index contributed by atoms with van der Waals surface area (Å²) in [7, 11) is 0. The van der Waals surface area contributed by atoms with Gasteiger partial charge in [-0.2, -0.15) is 0 Å². The maximum atomic E-state index is 6.03. The Kier molecular flexibility index (Phi) is 5.32. The molecule has 6 rings (SSSR count). The van der Waals surface area contributed by atoms with Crippen LogP contribution < -0.4 is 20.1 Å². The molecular weight excluding hydrogens is 424 g/mol. The van der Waals surface area contributed by atoms with Gasteiger partial charge in [0, 0.05) is 10.8 Å². The fraction of sp³-hybridized carbons (Fsp3) is 0.143. The molecule has 0 saturated carbocycles. The van der Waals surface area contributed by atoms with E-state index in [-0.39, 0.29) is 0 Å². The van der Waals surface area contributed by atoms with Gasteiger partial charge in [0.2, 0.25) is 0 Å². The predicted octanol–water partition coefficient (Wildman–Crippen LogP) is 5.78. The monoisotopic (exact) mass is 448 g/mol. The van der Waals surface area contributed by atoms with E-state index in [9.17, 15) is 0 Å². The molecule has 34 heavy (non-hydrogen) atoms. The standard InChI is InChI=1S/C28H24N4O2/c1-3-7-25-23(5-1)29-17-21-13-11-19-9-10-20-12-14-22(32-28(20)27(19)31-21)18-30-24-6-2-4-8-26(24)34-16-15-33-25/h1-14,29-30H,15-18H2. The number of aromatic nitrogens is 2. The van der Waals surface area contributed by atoms with E-state index in [1.54, 1.807) is 0 Å². The SMILES string of the molecule is c1ccc2c(c1)NCc1ccc3ccc4ccc(nc4c3n1)CNc1ccccc1OCCO2. The van der Waals surface area contributed by atoms with Crippen molar-refractivity contribution < 1.29 is 9.47 Å². The van der Waals surface area contributed by atoms with Crippen molar-refractivity contribution in [2.45, 2.75) is 13.1 Å². The molecule has 2 N–H and O–H groups in total.